The van der Waals surface area contributed by atoms with Crippen molar-refractivity contribution in [1.29, 1.82) is 0 Å². The molecule has 1 unspecified atom stereocenters. The Bertz CT molecular complexity index is 819. The number of benzene rings is 1. The molecule has 1 aliphatic rings. The largest absolute Gasteiger partial charge is 0.494 e. The average Bonchev–Trinajstić information content (AvgIpc) is 2.95. The van der Waals surface area contributed by atoms with Crippen molar-refractivity contribution in [2.45, 2.75) is 58.4 Å². The first-order valence-electron chi connectivity index (χ1n) is 9.74. The van der Waals surface area contributed by atoms with Crippen LogP contribution in [0.2, 0.25) is 0 Å². The van der Waals surface area contributed by atoms with Gasteiger partial charge < -0.3 is 20.1 Å². The fourth-order valence-electron chi connectivity index (χ4n) is 2.83. The highest BCUT2D eigenvalue weighted by Crippen LogP contribution is 2.35. The summed E-state index contributed by atoms with van der Waals surface area (Å²) in [6.07, 6.45) is 2.29. The van der Waals surface area contributed by atoms with E-state index in [0.717, 1.165) is 29.0 Å². The van der Waals surface area contributed by atoms with Crippen LogP contribution in [0.4, 0.5) is 0 Å². The van der Waals surface area contributed by atoms with Crippen LogP contribution in [0.5, 0.6) is 11.5 Å². The smallest absolute Gasteiger partial charge is 0.191 e. The van der Waals surface area contributed by atoms with Gasteiger partial charge in [-0.25, -0.2) is 13.4 Å². The number of hydrogen-bond acceptors (Lipinski definition) is 5. The van der Waals surface area contributed by atoms with Gasteiger partial charge >= 0.3 is 0 Å². The molecule has 1 aromatic carbocycles. The molecule has 1 heterocycles. The van der Waals surface area contributed by atoms with Crippen LogP contribution >= 0.6 is 0 Å². The van der Waals surface area contributed by atoms with Crippen molar-refractivity contribution < 1.29 is 17.9 Å². The summed E-state index contributed by atoms with van der Waals surface area (Å²) in [5.41, 5.74) is 2.10. The zero-order valence-corrected chi connectivity index (χ0v) is 18.6. The van der Waals surface area contributed by atoms with Crippen molar-refractivity contribution in [3.8, 4) is 11.5 Å². The maximum absolute atomic E-state index is 11.9. The minimum atomic E-state index is -3.19. The second-order valence-electron chi connectivity index (χ2n) is 7.71. The number of nitrogens with zero attached hydrogens (tertiary/aromatic N) is 1. The molecule has 0 saturated carbocycles. The summed E-state index contributed by atoms with van der Waals surface area (Å²) < 4.78 is 34.6. The molecule has 1 aromatic rings. The van der Waals surface area contributed by atoms with Crippen molar-refractivity contribution >= 4 is 15.8 Å². The molecule has 0 saturated heterocycles. The van der Waals surface area contributed by atoms with E-state index in [2.05, 4.69) is 22.5 Å². The lowest BCUT2D eigenvalue weighted by Gasteiger charge is -2.24. The average molecular weight is 412 g/mol. The molecule has 0 bridgehead atoms. The number of rotatable bonds is 8. The summed E-state index contributed by atoms with van der Waals surface area (Å²) in [7, 11) is -3.19. The lowest BCUT2D eigenvalue weighted by Crippen LogP contribution is -2.47. The SMILES string of the molecule is CCNC(=NCc1cc2c(cc1OCC)CC(C)O2)NCC(C)(C)S(C)(=O)=O. The quantitative estimate of drug-likeness (QED) is 0.504. The molecule has 0 spiro atoms. The normalized spacial score (nSPS) is 17.1. The fraction of sp³-hybridized carbons (Fsp3) is 0.650. The summed E-state index contributed by atoms with van der Waals surface area (Å²) in [6, 6.07) is 4.04. The lowest BCUT2D eigenvalue weighted by atomic mass is 10.1. The van der Waals surface area contributed by atoms with Gasteiger partial charge in [0, 0.05) is 36.9 Å². The van der Waals surface area contributed by atoms with E-state index in [0.29, 0.717) is 25.7 Å². The van der Waals surface area contributed by atoms with Gasteiger partial charge in [-0.3, -0.25) is 0 Å². The molecule has 2 rings (SSSR count). The highest BCUT2D eigenvalue weighted by molar-refractivity contribution is 7.92. The Hall–Kier alpha value is -1.96. The van der Waals surface area contributed by atoms with Crippen LogP contribution < -0.4 is 20.1 Å². The van der Waals surface area contributed by atoms with E-state index in [9.17, 15) is 8.42 Å². The van der Waals surface area contributed by atoms with Crippen molar-refractivity contribution in [2.75, 3.05) is 26.0 Å². The van der Waals surface area contributed by atoms with Crippen LogP contribution in [-0.4, -0.2) is 51.2 Å². The van der Waals surface area contributed by atoms with Gasteiger partial charge in [0.25, 0.3) is 0 Å². The molecular weight excluding hydrogens is 378 g/mol. The minimum Gasteiger partial charge on any atom is -0.494 e. The zero-order chi connectivity index (χ0) is 20.9. The number of ether oxygens (including phenoxy) is 2. The zero-order valence-electron chi connectivity index (χ0n) is 17.8. The molecule has 8 heteroatoms. The van der Waals surface area contributed by atoms with E-state index in [1.165, 1.54) is 6.26 Å². The number of nitrogens with one attached hydrogen (secondary N) is 2. The predicted molar refractivity (Wildman–Crippen MR) is 113 cm³/mol. The molecule has 1 atom stereocenters. The summed E-state index contributed by atoms with van der Waals surface area (Å²) in [5, 5.41) is 6.30. The second kappa shape index (κ2) is 9.03. The third-order valence-electron chi connectivity index (χ3n) is 4.82. The number of fused-ring (bicyclic) bond motifs is 1. The van der Waals surface area contributed by atoms with Gasteiger partial charge in [0.15, 0.2) is 15.8 Å². The summed E-state index contributed by atoms with van der Waals surface area (Å²) >= 11 is 0. The number of aliphatic imine (C=N–C) groups is 1. The van der Waals surface area contributed by atoms with Crippen LogP contribution in [0.3, 0.4) is 0 Å². The molecule has 0 aliphatic carbocycles. The van der Waals surface area contributed by atoms with Crippen molar-refractivity contribution in [1.82, 2.24) is 10.6 Å². The number of guanidine groups is 1. The lowest BCUT2D eigenvalue weighted by molar-refractivity contribution is 0.254. The van der Waals surface area contributed by atoms with Gasteiger partial charge in [-0.15, -0.1) is 0 Å². The van der Waals surface area contributed by atoms with Gasteiger partial charge in [-0.05, 0) is 46.8 Å². The molecule has 1 aliphatic heterocycles. The number of hydrogen-bond donors (Lipinski definition) is 2. The number of sulfone groups is 1. The maximum atomic E-state index is 11.9. The van der Waals surface area contributed by atoms with Crippen LogP contribution in [0.25, 0.3) is 0 Å². The Labute approximate surface area is 168 Å². The molecule has 28 heavy (non-hydrogen) atoms. The fourth-order valence-corrected chi connectivity index (χ4v) is 3.16. The van der Waals surface area contributed by atoms with Crippen molar-refractivity contribution in [3.05, 3.63) is 23.3 Å². The van der Waals surface area contributed by atoms with E-state index in [1.807, 2.05) is 26.0 Å². The summed E-state index contributed by atoms with van der Waals surface area (Å²) in [6.45, 7) is 11.3. The summed E-state index contributed by atoms with van der Waals surface area (Å²) in [5.74, 6) is 2.27. The molecule has 0 radical (unpaired) electrons. The Kier molecular flexibility index (Phi) is 7.20. The van der Waals surface area contributed by atoms with E-state index in [-0.39, 0.29) is 12.6 Å². The second-order valence-corrected chi connectivity index (χ2v) is 10.4. The molecule has 0 fully saturated rings. The van der Waals surface area contributed by atoms with E-state index in [4.69, 9.17) is 9.47 Å². The summed E-state index contributed by atoms with van der Waals surface area (Å²) in [4.78, 5) is 4.62. The Morgan fingerprint density at radius 1 is 1.32 bits per heavy atom. The van der Waals surface area contributed by atoms with Gasteiger partial charge in [-0.2, -0.15) is 0 Å². The van der Waals surface area contributed by atoms with Crippen LogP contribution in [0.15, 0.2) is 17.1 Å². The van der Waals surface area contributed by atoms with E-state index in [1.54, 1.807) is 13.8 Å². The first-order chi connectivity index (χ1) is 13.1. The van der Waals surface area contributed by atoms with E-state index >= 15 is 0 Å². The predicted octanol–water partition coefficient (Wildman–Crippen LogP) is 2.29. The standard InChI is InChI=1S/C20H33N3O4S/c1-7-21-19(23-13-20(4,5)28(6,24)25)22-12-16-11-18-15(9-14(3)27-18)10-17(16)26-8-2/h10-11,14H,7-9,12-13H2,1-6H3,(H2,21,22,23). The Morgan fingerprint density at radius 2 is 2.04 bits per heavy atom. The van der Waals surface area contributed by atoms with Crippen LogP contribution in [-0.2, 0) is 22.8 Å². The monoisotopic (exact) mass is 411 g/mol. The molecule has 158 valence electrons. The Morgan fingerprint density at radius 3 is 2.64 bits per heavy atom. The van der Waals surface area contributed by atoms with Gasteiger partial charge in [0.1, 0.15) is 17.6 Å². The molecular formula is C20H33N3O4S. The highest BCUT2D eigenvalue weighted by Gasteiger charge is 2.30. The van der Waals surface area contributed by atoms with Crippen molar-refractivity contribution in [2.24, 2.45) is 4.99 Å². The van der Waals surface area contributed by atoms with Crippen LogP contribution in [0.1, 0.15) is 45.7 Å². The molecule has 2 N–H and O–H groups in total. The molecule has 0 aromatic heterocycles. The third kappa shape index (κ3) is 5.53. The maximum Gasteiger partial charge on any atom is 0.191 e. The highest BCUT2D eigenvalue weighted by atomic mass is 32.2. The first kappa shape index (κ1) is 22.3. The molecule has 7 nitrogen and oxygen atoms in total. The van der Waals surface area contributed by atoms with Crippen LogP contribution in [0, 0.1) is 0 Å². The first-order valence-corrected chi connectivity index (χ1v) is 11.6. The molecule has 0 amide bonds. The third-order valence-corrected chi connectivity index (χ3v) is 6.97. The van der Waals surface area contributed by atoms with Crippen molar-refractivity contribution in [3.63, 3.8) is 0 Å². The van der Waals surface area contributed by atoms with Gasteiger partial charge in [-0.1, -0.05) is 0 Å². The van der Waals surface area contributed by atoms with Gasteiger partial charge in [0.2, 0.25) is 0 Å². The topological polar surface area (TPSA) is 89.0 Å². The van der Waals surface area contributed by atoms with E-state index < -0.39 is 14.6 Å². The minimum absolute atomic E-state index is 0.167. The Balaban J connectivity index is 2.19. The van der Waals surface area contributed by atoms with Gasteiger partial charge in [0.05, 0.1) is 17.9 Å².